The largest absolute Gasteiger partial charge is 0.497 e. The molecule has 2 rings (SSSR count). The molecule has 1 atom stereocenters. The molecule has 0 radical (unpaired) electrons. The van der Waals surface area contributed by atoms with Gasteiger partial charge in [0.25, 0.3) is 0 Å². The maximum atomic E-state index is 5.38. The highest BCUT2D eigenvalue weighted by molar-refractivity contribution is 5.80. The SMILES string of the molecule is CN=C(NCC(C)(C)N(C)C)NC1CCN(Cc2cc(OC)cc(OC)c2)C1. The molecule has 1 fully saturated rings. The fourth-order valence-electron chi connectivity index (χ4n) is 3.16. The Balaban J connectivity index is 1.88. The number of nitrogens with one attached hydrogen (secondary N) is 2. The van der Waals surface area contributed by atoms with E-state index in [-0.39, 0.29) is 5.54 Å². The van der Waals surface area contributed by atoms with E-state index in [1.54, 1.807) is 14.2 Å². The van der Waals surface area contributed by atoms with Crippen LogP contribution in [0.5, 0.6) is 11.5 Å². The third kappa shape index (κ3) is 6.27. The van der Waals surface area contributed by atoms with Crippen LogP contribution in [0.15, 0.2) is 23.2 Å². The number of hydrogen-bond acceptors (Lipinski definition) is 5. The molecule has 1 aliphatic rings. The Kier molecular flexibility index (Phi) is 7.95. The van der Waals surface area contributed by atoms with Gasteiger partial charge in [-0.05, 0) is 52.1 Å². The van der Waals surface area contributed by atoms with Crippen LogP contribution >= 0.6 is 0 Å². The van der Waals surface area contributed by atoms with Gasteiger partial charge < -0.3 is 25.0 Å². The summed E-state index contributed by atoms with van der Waals surface area (Å²) < 4.78 is 10.8. The zero-order valence-electron chi connectivity index (χ0n) is 18.5. The van der Waals surface area contributed by atoms with Crippen molar-refractivity contribution in [1.29, 1.82) is 0 Å². The lowest BCUT2D eigenvalue weighted by Crippen LogP contribution is -2.52. The zero-order valence-corrected chi connectivity index (χ0v) is 18.5. The van der Waals surface area contributed by atoms with Crippen LogP contribution in [0.2, 0.25) is 0 Å². The number of ether oxygens (including phenoxy) is 2. The molecular formula is C21H37N5O2. The monoisotopic (exact) mass is 391 g/mol. The number of benzene rings is 1. The van der Waals surface area contributed by atoms with Crippen molar-refractivity contribution in [3.8, 4) is 11.5 Å². The lowest BCUT2D eigenvalue weighted by atomic mass is 10.0. The van der Waals surface area contributed by atoms with Crippen molar-refractivity contribution in [3.05, 3.63) is 23.8 Å². The van der Waals surface area contributed by atoms with E-state index in [9.17, 15) is 0 Å². The molecule has 1 heterocycles. The van der Waals surface area contributed by atoms with Crippen LogP contribution in [0.3, 0.4) is 0 Å². The predicted molar refractivity (Wildman–Crippen MR) is 115 cm³/mol. The summed E-state index contributed by atoms with van der Waals surface area (Å²) in [7, 11) is 9.39. The number of methoxy groups -OCH3 is 2. The molecule has 2 N–H and O–H groups in total. The third-order valence-corrected chi connectivity index (χ3v) is 5.55. The Labute approximate surface area is 170 Å². The molecule has 1 aliphatic heterocycles. The molecule has 0 aromatic heterocycles. The maximum Gasteiger partial charge on any atom is 0.191 e. The smallest absolute Gasteiger partial charge is 0.191 e. The van der Waals surface area contributed by atoms with Crippen LogP contribution in [-0.2, 0) is 6.54 Å². The first-order valence-electron chi connectivity index (χ1n) is 9.86. The summed E-state index contributed by atoms with van der Waals surface area (Å²) in [6, 6.07) is 6.45. The van der Waals surface area contributed by atoms with Gasteiger partial charge >= 0.3 is 0 Å². The highest BCUT2D eigenvalue weighted by atomic mass is 16.5. The van der Waals surface area contributed by atoms with Crippen LogP contribution in [-0.4, -0.2) is 82.3 Å². The van der Waals surface area contributed by atoms with Crippen molar-refractivity contribution in [2.45, 2.75) is 38.4 Å². The molecule has 0 amide bonds. The minimum atomic E-state index is 0.0603. The highest BCUT2D eigenvalue weighted by Crippen LogP contribution is 2.24. The van der Waals surface area contributed by atoms with Crippen LogP contribution in [0.4, 0.5) is 0 Å². The Morgan fingerprint density at radius 3 is 2.39 bits per heavy atom. The molecule has 7 nitrogen and oxygen atoms in total. The molecule has 1 aromatic rings. The average Bonchev–Trinajstić information content (AvgIpc) is 3.11. The Hall–Kier alpha value is -1.99. The van der Waals surface area contributed by atoms with E-state index in [0.717, 1.165) is 50.1 Å². The van der Waals surface area contributed by atoms with E-state index < -0.39 is 0 Å². The molecule has 0 spiro atoms. The number of guanidine groups is 1. The van der Waals surface area contributed by atoms with E-state index in [4.69, 9.17) is 9.47 Å². The lowest BCUT2D eigenvalue weighted by Gasteiger charge is -2.33. The van der Waals surface area contributed by atoms with Gasteiger partial charge in [-0.15, -0.1) is 0 Å². The van der Waals surface area contributed by atoms with Crippen LogP contribution in [0.1, 0.15) is 25.8 Å². The van der Waals surface area contributed by atoms with E-state index >= 15 is 0 Å². The number of nitrogens with zero attached hydrogens (tertiary/aromatic N) is 3. The van der Waals surface area contributed by atoms with Crippen molar-refractivity contribution < 1.29 is 9.47 Å². The Morgan fingerprint density at radius 1 is 1.21 bits per heavy atom. The van der Waals surface area contributed by atoms with Gasteiger partial charge in [0.2, 0.25) is 0 Å². The van der Waals surface area contributed by atoms with Gasteiger partial charge in [0, 0.05) is 50.9 Å². The molecule has 0 bridgehead atoms. The summed E-state index contributed by atoms with van der Waals surface area (Å²) in [5.74, 6) is 2.53. The summed E-state index contributed by atoms with van der Waals surface area (Å²) in [5, 5.41) is 7.03. The molecular weight excluding hydrogens is 354 g/mol. The second-order valence-electron chi connectivity index (χ2n) is 8.22. The van der Waals surface area contributed by atoms with Crippen LogP contribution in [0.25, 0.3) is 0 Å². The predicted octanol–water partition coefficient (Wildman–Crippen LogP) is 1.78. The van der Waals surface area contributed by atoms with Crippen molar-refractivity contribution in [2.24, 2.45) is 4.99 Å². The average molecular weight is 392 g/mol. The van der Waals surface area contributed by atoms with Crippen molar-refractivity contribution in [1.82, 2.24) is 20.4 Å². The fourth-order valence-corrected chi connectivity index (χ4v) is 3.16. The van der Waals surface area contributed by atoms with Gasteiger partial charge in [0.15, 0.2) is 5.96 Å². The molecule has 7 heteroatoms. The number of aliphatic imine (C=N–C) groups is 1. The normalized spacial score (nSPS) is 18.4. The maximum absolute atomic E-state index is 5.38. The fraction of sp³-hybridized carbons (Fsp3) is 0.667. The van der Waals surface area contributed by atoms with E-state index in [1.165, 1.54) is 5.56 Å². The van der Waals surface area contributed by atoms with E-state index in [0.29, 0.717) is 6.04 Å². The summed E-state index contributed by atoms with van der Waals surface area (Å²) in [6.07, 6.45) is 1.10. The van der Waals surface area contributed by atoms with Gasteiger partial charge in [0.1, 0.15) is 11.5 Å². The topological polar surface area (TPSA) is 61.4 Å². The number of likely N-dealkylation sites (tertiary alicyclic amines) is 1. The molecule has 1 saturated heterocycles. The first kappa shape index (κ1) is 22.3. The zero-order chi connectivity index (χ0) is 20.7. The van der Waals surface area contributed by atoms with E-state index in [2.05, 4.69) is 65.5 Å². The Morgan fingerprint density at radius 2 is 1.86 bits per heavy atom. The lowest BCUT2D eigenvalue weighted by molar-refractivity contribution is 0.197. The van der Waals surface area contributed by atoms with Gasteiger partial charge in [-0.25, -0.2) is 0 Å². The van der Waals surface area contributed by atoms with Crippen LogP contribution < -0.4 is 20.1 Å². The van der Waals surface area contributed by atoms with Crippen LogP contribution in [0, 0.1) is 0 Å². The summed E-state index contributed by atoms with van der Waals surface area (Å²) in [4.78, 5) is 9.06. The Bertz CT molecular complexity index is 638. The number of likely N-dealkylation sites (N-methyl/N-ethyl adjacent to an activating group) is 1. The summed E-state index contributed by atoms with van der Waals surface area (Å²) >= 11 is 0. The standard InChI is InChI=1S/C21H37N5O2/c1-21(2,25(4)5)15-23-20(22-3)24-17-8-9-26(14-17)13-16-10-18(27-6)12-19(11-16)28-7/h10-12,17H,8-9,13-15H2,1-7H3,(H2,22,23,24). The van der Waals surface area contributed by atoms with Gasteiger partial charge in [0.05, 0.1) is 14.2 Å². The highest BCUT2D eigenvalue weighted by Gasteiger charge is 2.25. The molecule has 28 heavy (non-hydrogen) atoms. The summed E-state index contributed by atoms with van der Waals surface area (Å²) in [6.45, 7) is 8.18. The second-order valence-corrected chi connectivity index (χ2v) is 8.22. The van der Waals surface area contributed by atoms with E-state index in [1.807, 2.05) is 13.1 Å². The summed E-state index contributed by atoms with van der Waals surface area (Å²) in [5.41, 5.74) is 1.26. The minimum absolute atomic E-state index is 0.0603. The van der Waals surface area contributed by atoms with Gasteiger partial charge in [-0.1, -0.05) is 0 Å². The van der Waals surface area contributed by atoms with Gasteiger partial charge in [-0.2, -0.15) is 0 Å². The third-order valence-electron chi connectivity index (χ3n) is 5.55. The number of rotatable bonds is 8. The number of hydrogen-bond donors (Lipinski definition) is 2. The molecule has 158 valence electrons. The minimum Gasteiger partial charge on any atom is -0.497 e. The van der Waals surface area contributed by atoms with Gasteiger partial charge in [-0.3, -0.25) is 9.89 Å². The molecule has 0 aliphatic carbocycles. The molecule has 1 aromatic carbocycles. The first-order valence-corrected chi connectivity index (χ1v) is 9.86. The second kappa shape index (κ2) is 9.98. The molecule has 1 unspecified atom stereocenters. The van der Waals surface area contributed by atoms with Crippen molar-refractivity contribution in [2.75, 3.05) is 55.0 Å². The molecule has 0 saturated carbocycles. The van der Waals surface area contributed by atoms with Crippen molar-refractivity contribution in [3.63, 3.8) is 0 Å². The first-order chi connectivity index (χ1) is 13.3. The van der Waals surface area contributed by atoms with Crippen molar-refractivity contribution >= 4 is 5.96 Å². The quantitative estimate of drug-likeness (QED) is 0.520.